The number of carbonyl (C=O) groups is 3. The molecule has 1 atom stereocenters. The number of piperidine rings is 1. The topological polar surface area (TPSA) is 66.9 Å². The van der Waals surface area contributed by atoms with E-state index in [1.807, 2.05) is 24.3 Å². The summed E-state index contributed by atoms with van der Waals surface area (Å²) in [5.41, 5.74) is 2.32. The number of nitrogens with zero attached hydrogens (tertiary/aromatic N) is 2. The van der Waals surface area contributed by atoms with Crippen LogP contribution < -0.4 is 0 Å². The molecule has 1 unspecified atom stereocenters. The molecule has 1 saturated heterocycles. The largest absolute Gasteiger partial charge is 0.454 e. The van der Waals surface area contributed by atoms with Crippen LogP contribution in [0, 0.1) is 0 Å². The molecule has 2 aromatic rings. The Balaban J connectivity index is 1.52. The lowest BCUT2D eigenvalue weighted by Gasteiger charge is -2.35. The smallest absolute Gasteiger partial charge is 0.329 e. The van der Waals surface area contributed by atoms with Crippen LogP contribution in [0.25, 0.3) is 0 Å². The van der Waals surface area contributed by atoms with E-state index < -0.39 is 12.0 Å². The molecule has 0 aromatic heterocycles. The molecule has 0 N–H and O–H groups in total. The van der Waals surface area contributed by atoms with E-state index in [4.69, 9.17) is 16.3 Å². The summed E-state index contributed by atoms with van der Waals surface area (Å²) in [5, 5.41) is 0.332. The van der Waals surface area contributed by atoms with Gasteiger partial charge in [-0.15, -0.1) is 0 Å². The average molecular weight is 441 g/mol. The zero-order chi connectivity index (χ0) is 21.8. The molecule has 0 bridgehead atoms. The number of esters is 1. The molecule has 2 aliphatic heterocycles. The number of rotatable bonds is 4. The van der Waals surface area contributed by atoms with E-state index >= 15 is 0 Å². The van der Waals surface area contributed by atoms with Crippen molar-refractivity contribution >= 4 is 29.4 Å². The molecule has 0 aliphatic carbocycles. The third-order valence-electron chi connectivity index (χ3n) is 5.93. The van der Waals surface area contributed by atoms with Crippen LogP contribution in [0.2, 0.25) is 5.02 Å². The second-order valence-corrected chi connectivity index (χ2v) is 8.36. The van der Waals surface area contributed by atoms with Gasteiger partial charge in [-0.2, -0.15) is 0 Å². The molecule has 7 heteroatoms. The molecule has 4 rings (SSSR count). The van der Waals surface area contributed by atoms with Crippen molar-refractivity contribution in [2.75, 3.05) is 19.7 Å². The number of fused-ring (bicyclic) bond motifs is 1. The number of ether oxygens (including phenoxy) is 1. The van der Waals surface area contributed by atoms with E-state index in [1.54, 1.807) is 29.2 Å². The number of halogens is 1. The van der Waals surface area contributed by atoms with Gasteiger partial charge in [-0.25, -0.2) is 4.79 Å². The number of likely N-dealkylation sites (tertiary alicyclic amines) is 1. The van der Waals surface area contributed by atoms with Crippen molar-refractivity contribution in [3.05, 3.63) is 70.2 Å². The Kier molecular flexibility index (Phi) is 6.56. The lowest BCUT2D eigenvalue weighted by molar-refractivity contribution is -0.156. The second kappa shape index (κ2) is 9.52. The van der Waals surface area contributed by atoms with Crippen LogP contribution in [0.3, 0.4) is 0 Å². The maximum atomic E-state index is 13.3. The zero-order valence-electron chi connectivity index (χ0n) is 17.3. The van der Waals surface area contributed by atoms with Crippen molar-refractivity contribution in [1.82, 2.24) is 9.80 Å². The lowest BCUT2D eigenvalue weighted by atomic mass is 9.93. The highest BCUT2D eigenvalue weighted by molar-refractivity contribution is 6.33. The Hall–Kier alpha value is -2.86. The quantitative estimate of drug-likeness (QED) is 0.683. The first kappa shape index (κ1) is 21.4. The van der Waals surface area contributed by atoms with Crippen molar-refractivity contribution in [2.45, 2.75) is 38.3 Å². The fraction of sp³-hybridized carbons (Fsp3) is 0.375. The van der Waals surface area contributed by atoms with E-state index in [0.717, 1.165) is 30.4 Å². The lowest BCUT2D eigenvalue weighted by Crippen LogP contribution is -2.50. The zero-order valence-corrected chi connectivity index (χ0v) is 18.0. The van der Waals surface area contributed by atoms with Gasteiger partial charge in [0, 0.05) is 26.1 Å². The van der Waals surface area contributed by atoms with Gasteiger partial charge in [0.2, 0.25) is 0 Å². The fourth-order valence-corrected chi connectivity index (χ4v) is 4.42. The summed E-state index contributed by atoms with van der Waals surface area (Å²) in [6.45, 7) is 1.37. The summed E-state index contributed by atoms with van der Waals surface area (Å²) in [6, 6.07) is 13.7. The van der Waals surface area contributed by atoms with Crippen molar-refractivity contribution in [3.8, 4) is 0 Å². The second-order valence-electron chi connectivity index (χ2n) is 7.95. The molecule has 2 heterocycles. The summed E-state index contributed by atoms with van der Waals surface area (Å²) < 4.78 is 5.40. The highest BCUT2D eigenvalue weighted by Gasteiger charge is 2.37. The summed E-state index contributed by atoms with van der Waals surface area (Å²) in [5.74, 6) is -1.09. The van der Waals surface area contributed by atoms with Gasteiger partial charge in [0.05, 0.1) is 10.6 Å². The molecule has 2 aliphatic rings. The highest BCUT2D eigenvalue weighted by atomic mass is 35.5. The summed E-state index contributed by atoms with van der Waals surface area (Å²) in [4.78, 5) is 41.9. The Morgan fingerprint density at radius 1 is 0.935 bits per heavy atom. The molecule has 2 aromatic carbocycles. The molecule has 6 nitrogen and oxygen atoms in total. The molecule has 2 amide bonds. The van der Waals surface area contributed by atoms with Gasteiger partial charge in [0.15, 0.2) is 6.61 Å². The van der Waals surface area contributed by atoms with Crippen molar-refractivity contribution < 1.29 is 19.1 Å². The first-order valence-electron chi connectivity index (χ1n) is 10.6. The third-order valence-corrected chi connectivity index (χ3v) is 6.26. The number of benzene rings is 2. The molecule has 0 radical (unpaired) electrons. The van der Waals surface area contributed by atoms with Crippen LogP contribution in [0.4, 0.5) is 0 Å². The molecule has 0 saturated carbocycles. The Labute approximate surface area is 186 Å². The minimum atomic E-state index is -0.812. The van der Waals surface area contributed by atoms with Crippen LogP contribution in [0.15, 0.2) is 48.5 Å². The summed E-state index contributed by atoms with van der Waals surface area (Å²) in [7, 11) is 0. The van der Waals surface area contributed by atoms with Crippen LogP contribution in [-0.4, -0.2) is 53.3 Å². The molecule has 162 valence electrons. The van der Waals surface area contributed by atoms with Gasteiger partial charge in [-0.05, 0) is 42.5 Å². The number of amides is 2. The van der Waals surface area contributed by atoms with Gasteiger partial charge in [0.1, 0.15) is 6.04 Å². The van der Waals surface area contributed by atoms with Gasteiger partial charge < -0.3 is 14.5 Å². The molecular weight excluding hydrogens is 416 g/mol. The van der Waals surface area contributed by atoms with E-state index in [1.165, 1.54) is 4.90 Å². The monoisotopic (exact) mass is 440 g/mol. The Bertz CT molecular complexity index is 987. The van der Waals surface area contributed by atoms with Crippen LogP contribution in [0.1, 0.15) is 40.7 Å². The van der Waals surface area contributed by atoms with Gasteiger partial charge >= 0.3 is 5.97 Å². The van der Waals surface area contributed by atoms with Crippen molar-refractivity contribution in [2.24, 2.45) is 0 Å². The minimum absolute atomic E-state index is 0.187. The predicted octanol–water partition coefficient (Wildman–Crippen LogP) is 3.46. The van der Waals surface area contributed by atoms with E-state index in [0.29, 0.717) is 30.1 Å². The normalized spacial score (nSPS) is 18.3. The molecule has 1 fully saturated rings. The predicted molar refractivity (Wildman–Crippen MR) is 117 cm³/mol. The SMILES string of the molecule is O=C(OCC(=O)N1CCCCC1)C1Cc2ccccc2CN1C(=O)c1ccccc1Cl. The standard InChI is InChI=1S/C24H25ClN2O4/c25-20-11-5-4-10-19(20)23(29)27-15-18-9-3-2-8-17(18)14-21(27)24(30)31-16-22(28)26-12-6-1-7-13-26/h2-5,8-11,21H,1,6-7,12-16H2. The maximum absolute atomic E-state index is 13.3. The van der Waals surface area contributed by atoms with E-state index in [9.17, 15) is 14.4 Å². The number of hydrogen-bond acceptors (Lipinski definition) is 4. The van der Waals surface area contributed by atoms with Gasteiger partial charge in [0.25, 0.3) is 11.8 Å². The Morgan fingerprint density at radius 3 is 2.35 bits per heavy atom. The van der Waals surface area contributed by atoms with Crippen molar-refractivity contribution in [3.63, 3.8) is 0 Å². The molecular formula is C24H25ClN2O4. The number of carbonyl (C=O) groups excluding carboxylic acids is 3. The summed E-state index contributed by atoms with van der Waals surface area (Å²) in [6.07, 6.45) is 3.39. The first-order valence-corrected chi connectivity index (χ1v) is 11.0. The van der Waals surface area contributed by atoms with Crippen molar-refractivity contribution in [1.29, 1.82) is 0 Å². The summed E-state index contributed by atoms with van der Waals surface area (Å²) >= 11 is 6.24. The van der Waals surface area contributed by atoms with E-state index in [-0.39, 0.29) is 25.0 Å². The number of hydrogen-bond donors (Lipinski definition) is 0. The first-order chi connectivity index (χ1) is 15.0. The van der Waals surface area contributed by atoms with Gasteiger partial charge in [-0.3, -0.25) is 9.59 Å². The maximum Gasteiger partial charge on any atom is 0.329 e. The van der Waals surface area contributed by atoms with E-state index in [2.05, 4.69) is 0 Å². The Morgan fingerprint density at radius 2 is 1.61 bits per heavy atom. The average Bonchev–Trinajstić information content (AvgIpc) is 2.82. The highest BCUT2D eigenvalue weighted by Crippen LogP contribution is 2.27. The van der Waals surface area contributed by atoms with Crippen LogP contribution in [-0.2, 0) is 27.3 Å². The molecule has 0 spiro atoms. The minimum Gasteiger partial charge on any atom is -0.454 e. The molecule has 31 heavy (non-hydrogen) atoms. The van der Waals surface area contributed by atoms with Crippen LogP contribution >= 0.6 is 11.6 Å². The third kappa shape index (κ3) is 4.74. The fourth-order valence-electron chi connectivity index (χ4n) is 4.20. The van der Waals surface area contributed by atoms with Crippen LogP contribution in [0.5, 0.6) is 0 Å². The van der Waals surface area contributed by atoms with Gasteiger partial charge in [-0.1, -0.05) is 48.0 Å².